The number of benzene rings is 1. The van der Waals surface area contributed by atoms with Gasteiger partial charge in [0, 0.05) is 12.6 Å². The third kappa shape index (κ3) is 2.05. The van der Waals surface area contributed by atoms with Gasteiger partial charge in [-0.3, -0.25) is 10.1 Å². The van der Waals surface area contributed by atoms with Crippen molar-refractivity contribution >= 4 is 21.6 Å². The number of nitrogens with zero attached hydrogens (tertiary/aromatic N) is 1. The van der Waals surface area contributed by atoms with Crippen LogP contribution in [0.3, 0.4) is 0 Å². The standard InChI is InChI=1S/C8H9BrN2O2/c1-5-2-7(9)8(11(12)13)3-6(5)4-10/h2-3H,4,10H2,1H3. The molecule has 0 radical (unpaired) electrons. The Labute approximate surface area is 84.0 Å². The summed E-state index contributed by atoms with van der Waals surface area (Å²) in [4.78, 5) is 10.1. The molecule has 0 aromatic heterocycles. The first kappa shape index (κ1) is 10.1. The van der Waals surface area contributed by atoms with Crippen molar-refractivity contribution in [2.45, 2.75) is 13.5 Å². The zero-order valence-corrected chi connectivity index (χ0v) is 8.67. The van der Waals surface area contributed by atoms with Crippen LogP contribution >= 0.6 is 15.9 Å². The van der Waals surface area contributed by atoms with E-state index in [-0.39, 0.29) is 5.69 Å². The summed E-state index contributed by atoms with van der Waals surface area (Å²) >= 11 is 3.13. The number of rotatable bonds is 2. The molecule has 1 aromatic rings. The predicted molar refractivity (Wildman–Crippen MR) is 53.4 cm³/mol. The lowest BCUT2D eigenvalue weighted by atomic mass is 10.1. The van der Waals surface area contributed by atoms with E-state index in [0.717, 1.165) is 11.1 Å². The molecule has 0 atom stereocenters. The summed E-state index contributed by atoms with van der Waals surface area (Å²) in [7, 11) is 0. The molecule has 0 saturated heterocycles. The maximum absolute atomic E-state index is 10.5. The van der Waals surface area contributed by atoms with Crippen LogP contribution in [0.2, 0.25) is 0 Å². The topological polar surface area (TPSA) is 69.2 Å². The van der Waals surface area contributed by atoms with Gasteiger partial charge in [0.15, 0.2) is 0 Å². The van der Waals surface area contributed by atoms with Crippen molar-refractivity contribution < 1.29 is 4.92 Å². The number of hydrogen-bond donors (Lipinski definition) is 1. The molecular formula is C8H9BrN2O2. The van der Waals surface area contributed by atoms with Gasteiger partial charge in [0.1, 0.15) is 0 Å². The average Bonchev–Trinajstić information content (AvgIpc) is 2.03. The second-order valence-corrected chi connectivity index (χ2v) is 3.55. The van der Waals surface area contributed by atoms with Crippen molar-refractivity contribution in [3.05, 3.63) is 37.8 Å². The van der Waals surface area contributed by atoms with Crippen molar-refractivity contribution in [2.75, 3.05) is 0 Å². The second kappa shape index (κ2) is 3.85. The molecule has 4 nitrogen and oxygen atoms in total. The highest BCUT2D eigenvalue weighted by Crippen LogP contribution is 2.27. The van der Waals surface area contributed by atoms with Crippen molar-refractivity contribution in [1.82, 2.24) is 0 Å². The zero-order valence-electron chi connectivity index (χ0n) is 7.08. The van der Waals surface area contributed by atoms with Crippen LogP contribution in [-0.4, -0.2) is 4.92 Å². The molecule has 0 aliphatic rings. The number of aryl methyl sites for hydroxylation is 1. The normalized spacial score (nSPS) is 10.1. The quantitative estimate of drug-likeness (QED) is 0.640. The summed E-state index contributed by atoms with van der Waals surface area (Å²) in [5, 5.41) is 10.5. The van der Waals surface area contributed by atoms with Crippen molar-refractivity contribution in [2.24, 2.45) is 5.73 Å². The molecule has 0 unspecified atom stereocenters. The Bertz CT molecular complexity index is 352. The van der Waals surface area contributed by atoms with Gasteiger partial charge >= 0.3 is 0 Å². The zero-order chi connectivity index (χ0) is 10.0. The van der Waals surface area contributed by atoms with Gasteiger partial charge in [-0.25, -0.2) is 0 Å². The van der Waals surface area contributed by atoms with Gasteiger partial charge in [-0.2, -0.15) is 0 Å². The first-order chi connectivity index (χ1) is 6.06. The molecule has 0 bridgehead atoms. The van der Waals surface area contributed by atoms with E-state index < -0.39 is 4.92 Å². The van der Waals surface area contributed by atoms with Crippen LogP contribution < -0.4 is 5.73 Å². The van der Waals surface area contributed by atoms with Gasteiger partial charge < -0.3 is 5.73 Å². The smallest absolute Gasteiger partial charge is 0.283 e. The molecule has 1 aromatic carbocycles. The van der Waals surface area contributed by atoms with Gasteiger partial charge in [-0.1, -0.05) is 0 Å². The molecule has 0 fully saturated rings. The van der Waals surface area contributed by atoms with E-state index >= 15 is 0 Å². The highest BCUT2D eigenvalue weighted by atomic mass is 79.9. The number of halogens is 1. The molecule has 0 heterocycles. The highest BCUT2D eigenvalue weighted by molar-refractivity contribution is 9.10. The summed E-state index contributed by atoms with van der Waals surface area (Å²) in [6.45, 7) is 2.19. The van der Waals surface area contributed by atoms with Gasteiger partial charge in [-0.15, -0.1) is 0 Å². The van der Waals surface area contributed by atoms with E-state index in [9.17, 15) is 10.1 Å². The number of hydrogen-bond acceptors (Lipinski definition) is 3. The van der Waals surface area contributed by atoms with Crippen LogP contribution in [0.25, 0.3) is 0 Å². The Morgan fingerprint density at radius 1 is 1.62 bits per heavy atom. The van der Waals surface area contributed by atoms with E-state index in [1.165, 1.54) is 6.07 Å². The van der Waals surface area contributed by atoms with Gasteiger partial charge in [-0.05, 0) is 40.0 Å². The average molecular weight is 245 g/mol. The molecule has 0 aliphatic heterocycles. The van der Waals surface area contributed by atoms with Gasteiger partial charge in [0.25, 0.3) is 5.69 Å². The summed E-state index contributed by atoms with van der Waals surface area (Å²) in [5.41, 5.74) is 7.25. The molecule has 0 spiro atoms. The lowest BCUT2D eigenvalue weighted by molar-refractivity contribution is -0.385. The number of nitrogens with two attached hydrogens (primary N) is 1. The lowest BCUT2D eigenvalue weighted by Gasteiger charge is -2.03. The molecule has 13 heavy (non-hydrogen) atoms. The van der Waals surface area contributed by atoms with E-state index in [4.69, 9.17) is 5.73 Å². The van der Waals surface area contributed by atoms with E-state index in [2.05, 4.69) is 15.9 Å². The fourth-order valence-electron chi connectivity index (χ4n) is 1.06. The highest BCUT2D eigenvalue weighted by Gasteiger charge is 2.13. The van der Waals surface area contributed by atoms with Crippen molar-refractivity contribution in [3.8, 4) is 0 Å². The van der Waals surface area contributed by atoms with E-state index in [0.29, 0.717) is 11.0 Å². The monoisotopic (exact) mass is 244 g/mol. The molecule has 1 rings (SSSR count). The first-order valence-corrected chi connectivity index (χ1v) is 4.49. The number of nitro benzene ring substituents is 1. The van der Waals surface area contributed by atoms with Crippen LogP contribution in [0, 0.1) is 17.0 Å². The SMILES string of the molecule is Cc1cc(Br)c([N+](=O)[O-])cc1CN. The molecule has 70 valence electrons. The largest absolute Gasteiger partial charge is 0.326 e. The minimum Gasteiger partial charge on any atom is -0.326 e. The molecule has 2 N–H and O–H groups in total. The summed E-state index contributed by atoms with van der Waals surface area (Å²) < 4.78 is 0.493. The summed E-state index contributed by atoms with van der Waals surface area (Å²) in [6.07, 6.45) is 0. The fourth-order valence-corrected chi connectivity index (χ4v) is 1.67. The Balaban J connectivity index is 3.30. The van der Waals surface area contributed by atoms with E-state index in [1.807, 2.05) is 6.92 Å². The van der Waals surface area contributed by atoms with Crippen LogP contribution in [0.1, 0.15) is 11.1 Å². The lowest BCUT2D eigenvalue weighted by Crippen LogP contribution is -2.01. The maximum Gasteiger partial charge on any atom is 0.283 e. The van der Waals surface area contributed by atoms with Crippen molar-refractivity contribution in [3.63, 3.8) is 0 Å². The summed E-state index contributed by atoms with van der Waals surface area (Å²) in [5.74, 6) is 0. The second-order valence-electron chi connectivity index (χ2n) is 2.69. The summed E-state index contributed by atoms with van der Waals surface area (Å²) in [6, 6.07) is 3.21. The van der Waals surface area contributed by atoms with Crippen LogP contribution in [0.15, 0.2) is 16.6 Å². The van der Waals surface area contributed by atoms with Crippen LogP contribution in [0.5, 0.6) is 0 Å². The van der Waals surface area contributed by atoms with Crippen LogP contribution in [0.4, 0.5) is 5.69 Å². The Kier molecular flexibility index (Phi) is 3.00. The van der Waals surface area contributed by atoms with Crippen LogP contribution in [-0.2, 0) is 6.54 Å². The molecule has 0 amide bonds. The first-order valence-electron chi connectivity index (χ1n) is 3.69. The maximum atomic E-state index is 10.5. The third-order valence-electron chi connectivity index (χ3n) is 1.82. The van der Waals surface area contributed by atoms with E-state index in [1.54, 1.807) is 6.07 Å². The fraction of sp³-hybridized carbons (Fsp3) is 0.250. The number of nitro groups is 1. The molecule has 0 saturated carbocycles. The Morgan fingerprint density at radius 2 is 2.23 bits per heavy atom. The Hall–Kier alpha value is -0.940. The third-order valence-corrected chi connectivity index (χ3v) is 2.46. The van der Waals surface area contributed by atoms with Gasteiger partial charge in [0.05, 0.1) is 9.40 Å². The van der Waals surface area contributed by atoms with Gasteiger partial charge in [0.2, 0.25) is 0 Å². The Morgan fingerprint density at radius 3 is 2.69 bits per heavy atom. The minimum atomic E-state index is -0.428. The molecular weight excluding hydrogens is 236 g/mol. The van der Waals surface area contributed by atoms with Crippen molar-refractivity contribution in [1.29, 1.82) is 0 Å². The predicted octanol–water partition coefficient (Wildman–Crippen LogP) is 2.12. The molecule has 0 aliphatic carbocycles. The minimum absolute atomic E-state index is 0.0612. The molecule has 5 heteroatoms.